The van der Waals surface area contributed by atoms with Crippen molar-refractivity contribution in [2.45, 2.75) is 161 Å². The summed E-state index contributed by atoms with van der Waals surface area (Å²) in [5.41, 5.74) is 0. The highest BCUT2D eigenvalue weighted by Crippen LogP contribution is 2.36. The minimum absolute atomic E-state index is 0.122. The lowest BCUT2D eigenvalue weighted by Crippen LogP contribution is -2.71. The number of aldehydes is 1. The monoisotopic (exact) mass is 853 g/mol. The third-order valence-electron chi connectivity index (χ3n) is 10.2. The number of hydrogen-bond donors (Lipinski definition) is 16. The Morgan fingerprint density at radius 3 is 1.67 bits per heavy atom. The van der Waals surface area contributed by atoms with Gasteiger partial charge in [0.15, 0.2) is 31.4 Å². The van der Waals surface area contributed by atoms with Crippen LogP contribution in [0, 0.1) is 0 Å². The summed E-state index contributed by atoms with van der Waals surface area (Å²) in [5, 5.41) is 159. The molecule has 0 spiro atoms. The molecule has 0 aromatic heterocycles. The molecule has 0 radical (unpaired) electrons. The molecule has 0 aromatic rings. The third kappa shape index (κ3) is 10.6. The minimum atomic E-state index is -2.23. The molecule has 4 aliphatic heterocycles. The summed E-state index contributed by atoms with van der Waals surface area (Å²) in [6, 6.07) is -1.77. The summed E-state index contributed by atoms with van der Waals surface area (Å²) in [6.45, 7) is -1.73. The highest BCUT2D eigenvalue weighted by molar-refractivity contribution is 5.73. The lowest BCUT2D eigenvalue weighted by molar-refractivity contribution is -0.388. The maximum absolute atomic E-state index is 12.7. The highest BCUT2D eigenvalue weighted by atomic mass is 16.8. The lowest BCUT2D eigenvalue weighted by atomic mass is 9.93. The summed E-state index contributed by atoms with van der Waals surface area (Å²) in [7, 11) is 0. The normalized spacial score (nSPS) is 45.8. The number of nitrogens with one attached hydrogen (secondary N) is 1. The first-order valence-electron chi connectivity index (χ1n) is 18.2. The van der Waals surface area contributed by atoms with Gasteiger partial charge in [-0.05, 0) is 6.92 Å². The highest BCUT2D eigenvalue weighted by Gasteiger charge is 2.57. The van der Waals surface area contributed by atoms with Gasteiger partial charge in [-0.15, -0.1) is 0 Å². The first kappa shape index (κ1) is 48.9. The average molecular weight is 854 g/mol. The van der Waals surface area contributed by atoms with E-state index >= 15 is 0 Å². The SMILES string of the molecule is CC(=O)NC1[C@H](O[C@H]2C(O)C(CO)O[C@@H](OC(C(O)CO)[C@H](O)[C@@H](O)C=O)[C@@H]2O)O[C@H](CO)C(O[C@@H]2OC(CO)C(O)C(O)[C@H]2O)[C@@H]1O[C@H]1O[C@H](C)[C@H](O)[C@H](O)C1O. The van der Waals surface area contributed by atoms with Crippen LogP contribution in [-0.2, 0) is 47.5 Å². The zero-order chi connectivity index (χ0) is 43.3. The number of hydrogen-bond acceptors (Lipinski definition) is 25. The molecule has 26 nitrogen and oxygen atoms in total. The second-order valence-electron chi connectivity index (χ2n) is 14.3. The predicted octanol–water partition coefficient (Wildman–Crippen LogP) is -10.9. The molecular formula is C32H55NO25. The van der Waals surface area contributed by atoms with E-state index in [1.54, 1.807) is 0 Å². The molecule has 0 aromatic carbocycles. The van der Waals surface area contributed by atoms with Gasteiger partial charge in [0.2, 0.25) is 5.91 Å². The maximum atomic E-state index is 12.7. The van der Waals surface area contributed by atoms with Crippen molar-refractivity contribution in [3.63, 3.8) is 0 Å². The van der Waals surface area contributed by atoms with Gasteiger partial charge in [-0.1, -0.05) is 0 Å². The molecule has 0 bridgehead atoms. The number of carbonyl (C=O) groups excluding carboxylic acids is 2. The summed E-state index contributed by atoms with van der Waals surface area (Å²) >= 11 is 0. The lowest BCUT2D eigenvalue weighted by Gasteiger charge is -2.51. The van der Waals surface area contributed by atoms with Crippen LogP contribution in [0.5, 0.6) is 0 Å². The van der Waals surface area contributed by atoms with E-state index in [9.17, 15) is 86.2 Å². The van der Waals surface area contributed by atoms with E-state index in [1.165, 1.54) is 6.92 Å². The number of rotatable bonds is 17. The molecule has 1 amide bonds. The van der Waals surface area contributed by atoms with Gasteiger partial charge in [0, 0.05) is 6.92 Å². The minimum Gasteiger partial charge on any atom is -0.394 e. The van der Waals surface area contributed by atoms with E-state index in [2.05, 4.69) is 5.32 Å². The molecule has 0 aliphatic carbocycles. The van der Waals surface area contributed by atoms with Crippen LogP contribution in [0.15, 0.2) is 0 Å². The van der Waals surface area contributed by atoms with Gasteiger partial charge in [0.05, 0.1) is 32.5 Å². The Kier molecular flexibility index (Phi) is 18.0. The number of aliphatic hydroxyl groups is 15. The number of aliphatic hydroxyl groups excluding tert-OH is 15. The van der Waals surface area contributed by atoms with Crippen LogP contribution < -0.4 is 5.32 Å². The molecule has 4 heterocycles. The summed E-state index contributed by atoms with van der Waals surface area (Å²) < 4.78 is 45.8. The van der Waals surface area contributed by atoms with Crippen molar-refractivity contribution < 1.29 is 124 Å². The molecule has 4 saturated heterocycles. The second-order valence-corrected chi connectivity index (χ2v) is 14.3. The van der Waals surface area contributed by atoms with Gasteiger partial charge < -0.3 is 125 Å². The van der Waals surface area contributed by atoms with Crippen molar-refractivity contribution in [1.82, 2.24) is 5.32 Å². The van der Waals surface area contributed by atoms with Crippen molar-refractivity contribution in [2.24, 2.45) is 0 Å². The number of amides is 1. The summed E-state index contributed by atoms with van der Waals surface area (Å²) in [4.78, 5) is 23.9. The van der Waals surface area contributed by atoms with Gasteiger partial charge >= 0.3 is 0 Å². The molecule has 4 aliphatic rings. The molecule has 338 valence electrons. The van der Waals surface area contributed by atoms with Gasteiger partial charge in [-0.25, -0.2) is 0 Å². The summed E-state index contributed by atoms with van der Waals surface area (Å²) in [6.07, 6.45) is -43.9. The standard InChI is InChI=1S/C32H55NO25/c1-8-16(42)20(46)22(48)30(51-8)57-27-15(33-9(2)39)29(54-14(7-38)26(27)56-31-23(49)21(47)18(44)12(5-36)52-31)58-28-19(45)13(6-37)53-32(24(28)50)55-25(11(41)4-35)17(43)10(40)3-34/h3,8,10-32,35-38,40-50H,4-7H2,1-2H3,(H,33,39)/t8-,10+,11?,12?,13?,14-,15?,16+,17-,18?,19?,20+,21?,22?,23-,24-,25?,26?,27-,28+,29+,30-,31+,32+/m1/s1. The molecule has 24 atom stereocenters. The van der Waals surface area contributed by atoms with E-state index in [-0.39, 0.29) is 6.29 Å². The topological polar surface area (TPSA) is 423 Å². The van der Waals surface area contributed by atoms with Gasteiger partial charge in [0.25, 0.3) is 0 Å². The Balaban J connectivity index is 1.75. The van der Waals surface area contributed by atoms with Crippen LogP contribution in [-0.4, -0.2) is 262 Å². The molecule has 0 saturated carbocycles. The van der Waals surface area contributed by atoms with Gasteiger partial charge in [0.1, 0.15) is 116 Å². The van der Waals surface area contributed by atoms with Crippen LogP contribution in [0.2, 0.25) is 0 Å². The Bertz CT molecular complexity index is 1290. The smallest absolute Gasteiger partial charge is 0.217 e. The van der Waals surface area contributed by atoms with Gasteiger partial charge in [-0.2, -0.15) is 0 Å². The van der Waals surface area contributed by atoms with Crippen LogP contribution >= 0.6 is 0 Å². The zero-order valence-corrected chi connectivity index (χ0v) is 31.1. The van der Waals surface area contributed by atoms with E-state index in [4.69, 9.17) is 37.9 Å². The van der Waals surface area contributed by atoms with Crippen molar-refractivity contribution in [3.8, 4) is 0 Å². The van der Waals surface area contributed by atoms with Crippen LogP contribution in [0.25, 0.3) is 0 Å². The fourth-order valence-corrected chi connectivity index (χ4v) is 6.91. The molecule has 4 rings (SSSR count). The fraction of sp³-hybridized carbons (Fsp3) is 0.938. The second kappa shape index (κ2) is 21.3. The first-order chi connectivity index (χ1) is 27.3. The Morgan fingerprint density at radius 1 is 0.621 bits per heavy atom. The molecule has 58 heavy (non-hydrogen) atoms. The predicted molar refractivity (Wildman–Crippen MR) is 178 cm³/mol. The van der Waals surface area contributed by atoms with Crippen molar-refractivity contribution in [1.29, 1.82) is 0 Å². The van der Waals surface area contributed by atoms with Crippen molar-refractivity contribution in [2.75, 3.05) is 26.4 Å². The van der Waals surface area contributed by atoms with Crippen molar-refractivity contribution in [3.05, 3.63) is 0 Å². The molecular weight excluding hydrogens is 798 g/mol. The molecule has 26 heteroatoms. The van der Waals surface area contributed by atoms with Crippen LogP contribution in [0.4, 0.5) is 0 Å². The maximum Gasteiger partial charge on any atom is 0.217 e. The average Bonchev–Trinajstić information content (AvgIpc) is 3.20. The van der Waals surface area contributed by atoms with E-state index in [0.29, 0.717) is 0 Å². The molecule has 16 N–H and O–H groups in total. The summed E-state index contributed by atoms with van der Waals surface area (Å²) in [5.74, 6) is -0.857. The van der Waals surface area contributed by atoms with Gasteiger partial charge in [-0.3, -0.25) is 4.79 Å². The fourth-order valence-electron chi connectivity index (χ4n) is 6.91. The Morgan fingerprint density at radius 2 is 1.12 bits per heavy atom. The Hall–Kier alpha value is -1.78. The zero-order valence-electron chi connectivity index (χ0n) is 31.1. The quantitative estimate of drug-likeness (QED) is 0.0604. The first-order valence-corrected chi connectivity index (χ1v) is 18.2. The molecule has 10 unspecified atom stereocenters. The third-order valence-corrected chi connectivity index (χ3v) is 10.2. The van der Waals surface area contributed by atoms with E-state index in [1.807, 2.05) is 0 Å². The number of ether oxygens (including phenoxy) is 8. The van der Waals surface area contributed by atoms with Crippen LogP contribution in [0.3, 0.4) is 0 Å². The van der Waals surface area contributed by atoms with Crippen molar-refractivity contribution >= 4 is 12.2 Å². The van der Waals surface area contributed by atoms with Crippen LogP contribution in [0.1, 0.15) is 13.8 Å². The number of carbonyl (C=O) groups is 2. The largest absolute Gasteiger partial charge is 0.394 e. The molecule has 4 fully saturated rings. The van der Waals surface area contributed by atoms with E-state index in [0.717, 1.165) is 6.92 Å². The van der Waals surface area contributed by atoms with E-state index < -0.39 is 180 Å². The Labute approximate surface area is 329 Å².